The predicted octanol–water partition coefficient (Wildman–Crippen LogP) is 6.20. The van der Waals surface area contributed by atoms with Crippen LogP contribution in [0.3, 0.4) is 0 Å². The highest BCUT2D eigenvalue weighted by molar-refractivity contribution is 7.17. The van der Waals surface area contributed by atoms with Crippen LogP contribution in [-0.4, -0.2) is 20.9 Å². The minimum atomic E-state index is -0.204. The van der Waals surface area contributed by atoms with Crippen LogP contribution in [0.25, 0.3) is 21.0 Å². The first-order valence-corrected chi connectivity index (χ1v) is 10.8. The van der Waals surface area contributed by atoms with Crippen molar-refractivity contribution >= 4 is 67.0 Å². The van der Waals surface area contributed by atoms with Crippen molar-refractivity contribution in [3.05, 3.63) is 82.7 Å². The number of fused-ring (bicyclic) bond motifs is 2. The van der Waals surface area contributed by atoms with Crippen molar-refractivity contribution in [1.82, 2.24) is 15.0 Å². The number of carbonyl (C=O) groups excluding carboxylic acids is 1. The molecule has 0 radical (unpaired) electrons. The lowest BCUT2D eigenvalue weighted by Crippen LogP contribution is -2.13. The Balaban J connectivity index is 1.53. The Morgan fingerprint density at radius 2 is 1.87 bits per heavy atom. The standard InChI is InChI=1S/C23H16ClN5OS/c1-13-2-7-17-16(8-9-26-22(17)28-15-5-3-14(24)4-6-15)20(13)29-23(30)18-11-31-19-10-25-12-27-21(18)19/h2-12H,1H3,(H,26,28)(H,29,30). The van der Waals surface area contributed by atoms with Crippen LogP contribution < -0.4 is 10.6 Å². The number of benzene rings is 2. The van der Waals surface area contributed by atoms with Crippen molar-refractivity contribution in [2.24, 2.45) is 0 Å². The second kappa shape index (κ2) is 7.94. The van der Waals surface area contributed by atoms with E-state index in [1.165, 1.54) is 17.7 Å². The largest absolute Gasteiger partial charge is 0.340 e. The summed E-state index contributed by atoms with van der Waals surface area (Å²) >= 11 is 7.43. The molecule has 8 heteroatoms. The molecule has 5 rings (SSSR count). The van der Waals surface area contributed by atoms with Gasteiger partial charge < -0.3 is 10.6 Å². The summed E-state index contributed by atoms with van der Waals surface area (Å²) in [6.07, 6.45) is 4.89. The first-order chi connectivity index (χ1) is 15.1. The molecule has 6 nitrogen and oxygen atoms in total. The number of aryl methyl sites for hydroxylation is 1. The molecule has 2 N–H and O–H groups in total. The van der Waals surface area contributed by atoms with Crippen LogP contribution in [0.5, 0.6) is 0 Å². The summed E-state index contributed by atoms with van der Waals surface area (Å²) in [6, 6.07) is 13.3. The van der Waals surface area contributed by atoms with Crippen molar-refractivity contribution < 1.29 is 4.79 Å². The van der Waals surface area contributed by atoms with Crippen molar-refractivity contribution in [2.75, 3.05) is 10.6 Å². The average molecular weight is 446 g/mol. The number of rotatable bonds is 4. The second-order valence-corrected chi connectivity index (χ2v) is 8.33. The molecular weight excluding hydrogens is 430 g/mol. The average Bonchev–Trinajstić information content (AvgIpc) is 3.22. The molecule has 0 fully saturated rings. The summed E-state index contributed by atoms with van der Waals surface area (Å²) in [5.74, 6) is 0.494. The van der Waals surface area contributed by atoms with Crippen molar-refractivity contribution in [1.29, 1.82) is 0 Å². The molecule has 1 amide bonds. The number of amides is 1. The molecule has 0 saturated heterocycles. The molecule has 0 atom stereocenters. The maximum atomic E-state index is 13.1. The lowest BCUT2D eigenvalue weighted by atomic mass is 10.0. The summed E-state index contributed by atoms with van der Waals surface area (Å²) in [7, 11) is 0. The monoisotopic (exact) mass is 445 g/mol. The molecular formula is C23H16ClN5OS. The Bertz CT molecular complexity index is 1430. The van der Waals surface area contributed by atoms with Gasteiger partial charge in [0.05, 0.1) is 21.5 Å². The van der Waals surface area contributed by atoms with Gasteiger partial charge in [-0.05, 0) is 42.8 Å². The third-order valence-electron chi connectivity index (χ3n) is 4.98. The molecule has 0 bridgehead atoms. The molecule has 3 aromatic heterocycles. The quantitative estimate of drug-likeness (QED) is 0.344. The van der Waals surface area contributed by atoms with E-state index in [1.54, 1.807) is 12.4 Å². The van der Waals surface area contributed by atoms with Gasteiger partial charge in [0.1, 0.15) is 12.1 Å². The topological polar surface area (TPSA) is 79.8 Å². The van der Waals surface area contributed by atoms with Crippen molar-refractivity contribution in [2.45, 2.75) is 6.92 Å². The van der Waals surface area contributed by atoms with E-state index < -0.39 is 0 Å². The van der Waals surface area contributed by atoms with Gasteiger partial charge in [0.2, 0.25) is 0 Å². The summed E-state index contributed by atoms with van der Waals surface area (Å²) in [5, 5.41) is 10.7. The normalized spacial score (nSPS) is 11.0. The van der Waals surface area contributed by atoms with Crippen LogP contribution in [0.1, 0.15) is 15.9 Å². The van der Waals surface area contributed by atoms with Crippen molar-refractivity contribution in [3.63, 3.8) is 0 Å². The van der Waals surface area contributed by atoms with Gasteiger partial charge in [-0.25, -0.2) is 15.0 Å². The van der Waals surface area contributed by atoms with Crippen LogP contribution in [0, 0.1) is 6.92 Å². The first kappa shape index (κ1) is 19.4. The minimum Gasteiger partial charge on any atom is -0.340 e. The van der Waals surface area contributed by atoms with E-state index in [9.17, 15) is 4.79 Å². The minimum absolute atomic E-state index is 0.204. The predicted molar refractivity (Wildman–Crippen MR) is 127 cm³/mol. The van der Waals surface area contributed by atoms with Crippen molar-refractivity contribution in [3.8, 4) is 0 Å². The SMILES string of the molecule is Cc1ccc2c(Nc3ccc(Cl)cc3)nccc2c1NC(=O)c1csc2cncnc12. The number of hydrogen-bond acceptors (Lipinski definition) is 6. The number of nitrogens with one attached hydrogen (secondary N) is 2. The molecule has 31 heavy (non-hydrogen) atoms. The summed E-state index contributed by atoms with van der Waals surface area (Å²) in [5.41, 5.74) is 3.77. The molecule has 152 valence electrons. The summed E-state index contributed by atoms with van der Waals surface area (Å²) < 4.78 is 0.876. The fraction of sp³-hybridized carbons (Fsp3) is 0.0435. The van der Waals surface area contributed by atoms with Gasteiger partial charge in [0, 0.05) is 39.3 Å². The molecule has 2 aromatic carbocycles. The molecule has 5 aromatic rings. The Hall–Kier alpha value is -3.55. The van der Waals surface area contributed by atoms with Crippen LogP contribution in [0.2, 0.25) is 5.02 Å². The van der Waals surface area contributed by atoms with E-state index >= 15 is 0 Å². The van der Waals surface area contributed by atoms with Gasteiger partial charge in [-0.15, -0.1) is 11.3 Å². The van der Waals surface area contributed by atoms with Gasteiger partial charge in [-0.2, -0.15) is 0 Å². The molecule has 0 unspecified atom stereocenters. The lowest BCUT2D eigenvalue weighted by Gasteiger charge is -2.14. The maximum absolute atomic E-state index is 13.1. The molecule has 0 spiro atoms. The summed E-state index contributed by atoms with van der Waals surface area (Å²) in [6.45, 7) is 1.97. The highest BCUT2D eigenvalue weighted by atomic mass is 35.5. The van der Waals surface area contributed by atoms with E-state index in [0.717, 1.165) is 32.4 Å². The number of thiophene rings is 1. The van der Waals surface area contributed by atoms with Gasteiger partial charge in [0.25, 0.3) is 5.91 Å². The zero-order valence-electron chi connectivity index (χ0n) is 16.4. The lowest BCUT2D eigenvalue weighted by molar-refractivity contribution is 0.102. The summed E-state index contributed by atoms with van der Waals surface area (Å²) in [4.78, 5) is 25.9. The molecule has 3 heterocycles. The number of pyridine rings is 1. The first-order valence-electron chi connectivity index (χ1n) is 9.49. The van der Waals surface area contributed by atoms with E-state index in [4.69, 9.17) is 11.6 Å². The van der Waals surface area contributed by atoms with Gasteiger partial charge in [-0.3, -0.25) is 4.79 Å². The molecule has 0 aliphatic heterocycles. The van der Waals surface area contributed by atoms with Crippen LogP contribution in [-0.2, 0) is 0 Å². The number of anilines is 3. The van der Waals surface area contributed by atoms with Crippen LogP contribution >= 0.6 is 22.9 Å². The van der Waals surface area contributed by atoms with Crippen LogP contribution in [0.4, 0.5) is 17.2 Å². The Morgan fingerprint density at radius 1 is 1.03 bits per heavy atom. The smallest absolute Gasteiger partial charge is 0.258 e. The molecule has 0 saturated carbocycles. The number of aromatic nitrogens is 3. The Labute approximate surface area is 187 Å². The fourth-order valence-electron chi connectivity index (χ4n) is 3.43. The highest BCUT2D eigenvalue weighted by Crippen LogP contribution is 2.33. The zero-order valence-corrected chi connectivity index (χ0v) is 18.0. The number of hydrogen-bond donors (Lipinski definition) is 2. The van der Waals surface area contributed by atoms with Gasteiger partial charge in [0.15, 0.2) is 0 Å². The fourth-order valence-corrected chi connectivity index (χ4v) is 4.41. The third kappa shape index (κ3) is 3.69. The third-order valence-corrected chi connectivity index (χ3v) is 6.14. The van der Waals surface area contributed by atoms with Gasteiger partial charge >= 0.3 is 0 Å². The van der Waals surface area contributed by atoms with E-state index in [1.807, 2.05) is 54.8 Å². The van der Waals surface area contributed by atoms with E-state index in [2.05, 4.69) is 25.6 Å². The van der Waals surface area contributed by atoms with E-state index in [0.29, 0.717) is 21.9 Å². The zero-order chi connectivity index (χ0) is 21.4. The van der Waals surface area contributed by atoms with Gasteiger partial charge in [-0.1, -0.05) is 23.7 Å². The maximum Gasteiger partial charge on any atom is 0.258 e. The highest BCUT2D eigenvalue weighted by Gasteiger charge is 2.17. The second-order valence-electron chi connectivity index (χ2n) is 6.98. The molecule has 0 aliphatic rings. The Kier molecular flexibility index (Phi) is 4.97. The molecule has 0 aliphatic carbocycles. The van der Waals surface area contributed by atoms with Crippen LogP contribution in [0.15, 0.2) is 66.6 Å². The number of nitrogens with zero attached hydrogens (tertiary/aromatic N) is 3. The number of halogens is 1. The Morgan fingerprint density at radius 3 is 2.71 bits per heavy atom. The van der Waals surface area contributed by atoms with E-state index in [-0.39, 0.29) is 5.91 Å². The number of carbonyl (C=O) groups is 1.